The van der Waals surface area contributed by atoms with Crippen molar-refractivity contribution in [1.29, 1.82) is 0 Å². The quantitative estimate of drug-likeness (QED) is 0.678. The molecule has 0 radical (unpaired) electrons. The summed E-state index contributed by atoms with van der Waals surface area (Å²) in [5.41, 5.74) is 1.34. The molecule has 0 heterocycles. The van der Waals surface area contributed by atoms with E-state index in [1.54, 1.807) is 0 Å². The first-order chi connectivity index (χ1) is 8.17. The van der Waals surface area contributed by atoms with Crippen LogP contribution in [0.1, 0.15) is 48.0 Å². The van der Waals surface area contributed by atoms with Crippen molar-refractivity contribution in [3.8, 4) is 0 Å². The zero-order valence-electron chi connectivity index (χ0n) is 12.4. The van der Waals surface area contributed by atoms with Crippen molar-refractivity contribution in [2.45, 2.75) is 48.0 Å². The van der Waals surface area contributed by atoms with E-state index in [9.17, 15) is 0 Å². The maximum absolute atomic E-state index is 3.69. The predicted molar refractivity (Wildman–Crippen MR) is 82.4 cm³/mol. The fourth-order valence-corrected chi connectivity index (χ4v) is 1.22. The highest BCUT2D eigenvalue weighted by molar-refractivity contribution is 5.44. The standard InChI is InChI=1S/C12H14.C3H8.C2H6/c1-4-7-11-8-5-6-9-12(11)10(2)3;1-3-2;1-2/h4-9H,1H2,2-3H3;3H2,1-2H3;1-2H3/b11-7-;;. The second-order valence-electron chi connectivity index (χ2n) is 3.70. The maximum Gasteiger partial charge on any atom is -0.0185 e. The van der Waals surface area contributed by atoms with E-state index < -0.39 is 0 Å². The Hall–Kier alpha value is -1.30. The number of hydrogen-bond acceptors (Lipinski definition) is 0. The number of benzene rings is 1. The van der Waals surface area contributed by atoms with Gasteiger partial charge in [0, 0.05) is 0 Å². The van der Waals surface area contributed by atoms with Gasteiger partial charge in [0.05, 0.1) is 0 Å². The van der Waals surface area contributed by atoms with Gasteiger partial charge in [-0.2, -0.15) is 0 Å². The molecule has 0 aliphatic rings. The molecule has 0 saturated carbocycles. The molecule has 96 valence electrons. The van der Waals surface area contributed by atoms with Gasteiger partial charge in [0.2, 0.25) is 0 Å². The second kappa shape index (κ2) is 12.8. The normalized spacial score (nSPS) is 9.41. The van der Waals surface area contributed by atoms with Gasteiger partial charge < -0.3 is 0 Å². The van der Waals surface area contributed by atoms with Crippen LogP contribution in [0.4, 0.5) is 0 Å². The molecule has 0 fully saturated rings. The molecule has 0 unspecified atom stereocenters. The summed E-state index contributed by atoms with van der Waals surface area (Å²) in [6.07, 6.45) is 5.10. The fourth-order valence-electron chi connectivity index (χ4n) is 1.22. The molecule has 0 heteroatoms. The molecular weight excluding hydrogens is 204 g/mol. The number of rotatable bonds is 1. The van der Waals surface area contributed by atoms with E-state index in [2.05, 4.69) is 52.5 Å². The first-order valence-corrected chi connectivity index (χ1v) is 6.52. The van der Waals surface area contributed by atoms with Crippen LogP contribution in [0.2, 0.25) is 0 Å². The van der Waals surface area contributed by atoms with Gasteiger partial charge in [0.25, 0.3) is 0 Å². The van der Waals surface area contributed by atoms with Gasteiger partial charge >= 0.3 is 0 Å². The van der Waals surface area contributed by atoms with E-state index in [0.717, 1.165) is 0 Å². The van der Waals surface area contributed by atoms with Crippen molar-refractivity contribution in [2.75, 3.05) is 0 Å². The molecule has 0 spiro atoms. The van der Waals surface area contributed by atoms with E-state index >= 15 is 0 Å². The van der Waals surface area contributed by atoms with Gasteiger partial charge in [-0.05, 0) is 24.3 Å². The molecule has 17 heavy (non-hydrogen) atoms. The minimum Gasteiger partial charge on any atom is -0.0990 e. The zero-order valence-corrected chi connectivity index (χ0v) is 12.4. The third-order valence-electron chi connectivity index (χ3n) is 1.80. The monoisotopic (exact) mass is 232 g/mol. The molecule has 0 nitrogen and oxygen atoms in total. The van der Waals surface area contributed by atoms with Crippen LogP contribution in [0.3, 0.4) is 0 Å². The summed E-state index contributed by atoms with van der Waals surface area (Å²) in [5, 5.41) is 2.55. The van der Waals surface area contributed by atoms with Gasteiger partial charge in [-0.1, -0.05) is 82.7 Å². The highest BCUT2D eigenvalue weighted by Gasteiger charge is 1.84. The van der Waals surface area contributed by atoms with Crippen LogP contribution in [0, 0.1) is 0 Å². The van der Waals surface area contributed by atoms with Crippen LogP contribution in [0.15, 0.2) is 36.9 Å². The highest BCUT2D eigenvalue weighted by atomic mass is 13.9. The van der Waals surface area contributed by atoms with Crippen LogP contribution in [0.5, 0.6) is 0 Å². The maximum atomic E-state index is 3.69. The molecule has 0 aliphatic heterocycles. The topological polar surface area (TPSA) is 0 Å². The number of hydrogen-bond donors (Lipinski definition) is 0. The number of allylic oxidation sites excluding steroid dienone is 1. The molecule has 0 saturated heterocycles. The minimum absolute atomic E-state index is 1.24. The summed E-state index contributed by atoms with van der Waals surface area (Å²) >= 11 is 0. The third kappa shape index (κ3) is 8.50. The minimum atomic E-state index is 1.24. The lowest BCUT2D eigenvalue weighted by atomic mass is 10.1. The highest BCUT2D eigenvalue weighted by Crippen LogP contribution is 1.83. The van der Waals surface area contributed by atoms with Gasteiger partial charge in [0.1, 0.15) is 0 Å². The van der Waals surface area contributed by atoms with E-state index in [1.165, 1.54) is 22.4 Å². The summed E-state index contributed by atoms with van der Waals surface area (Å²) in [4.78, 5) is 0. The van der Waals surface area contributed by atoms with Gasteiger partial charge in [0.15, 0.2) is 0 Å². The lowest BCUT2D eigenvalue weighted by molar-refractivity contribution is 1.09. The van der Waals surface area contributed by atoms with Crippen LogP contribution < -0.4 is 10.4 Å². The summed E-state index contributed by atoms with van der Waals surface area (Å²) in [6.45, 7) is 16.2. The van der Waals surface area contributed by atoms with Crippen molar-refractivity contribution < 1.29 is 0 Å². The molecule has 0 aromatic heterocycles. The lowest BCUT2D eigenvalue weighted by Gasteiger charge is -1.91. The second-order valence-corrected chi connectivity index (χ2v) is 3.70. The van der Waals surface area contributed by atoms with Crippen molar-refractivity contribution in [3.05, 3.63) is 47.4 Å². The molecule has 1 rings (SSSR count). The summed E-state index contributed by atoms with van der Waals surface area (Å²) in [6, 6.07) is 8.33. The molecule has 0 aliphatic carbocycles. The Morgan fingerprint density at radius 3 is 2.00 bits per heavy atom. The fraction of sp³-hybridized carbons (Fsp3) is 0.412. The molecule has 0 bridgehead atoms. The van der Waals surface area contributed by atoms with Crippen LogP contribution in [-0.4, -0.2) is 0 Å². The molecule has 0 N–H and O–H groups in total. The summed E-state index contributed by atoms with van der Waals surface area (Å²) in [5.74, 6) is 0. The van der Waals surface area contributed by atoms with E-state index in [-0.39, 0.29) is 0 Å². The van der Waals surface area contributed by atoms with Crippen molar-refractivity contribution in [2.24, 2.45) is 0 Å². The Labute approximate surface area is 107 Å². The molecule has 1 aromatic rings. The lowest BCUT2D eigenvalue weighted by Crippen LogP contribution is -2.24. The Morgan fingerprint density at radius 2 is 1.59 bits per heavy atom. The van der Waals surface area contributed by atoms with Crippen LogP contribution in [-0.2, 0) is 0 Å². The third-order valence-corrected chi connectivity index (χ3v) is 1.80. The van der Waals surface area contributed by atoms with Gasteiger partial charge in [-0.3, -0.25) is 0 Å². The summed E-state index contributed by atoms with van der Waals surface area (Å²) < 4.78 is 0. The van der Waals surface area contributed by atoms with Gasteiger partial charge in [-0.25, -0.2) is 0 Å². The van der Waals surface area contributed by atoms with E-state index in [0.29, 0.717) is 0 Å². The predicted octanol–water partition coefficient (Wildman–Crippen LogP) is 4.29. The Morgan fingerprint density at radius 1 is 1.12 bits per heavy atom. The molecule has 0 amide bonds. The Bertz CT molecular complexity index is 392. The molecule has 1 aromatic carbocycles. The van der Waals surface area contributed by atoms with E-state index in [4.69, 9.17) is 0 Å². The van der Waals surface area contributed by atoms with E-state index in [1.807, 2.05) is 32.1 Å². The summed E-state index contributed by atoms with van der Waals surface area (Å²) in [7, 11) is 0. The molecular formula is C17H28. The van der Waals surface area contributed by atoms with Crippen molar-refractivity contribution >= 4 is 11.6 Å². The Balaban J connectivity index is 0. The first-order valence-electron chi connectivity index (χ1n) is 6.52. The van der Waals surface area contributed by atoms with Crippen LogP contribution in [0.25, 0.3) is 11.6 Å². The van der Waals surface area contributed by atoms with Crippen molar-refractivity contribution in [1.82, 2.24) is 0 Å². The first kappa shape index (κ1) is 18.1. The Kier molecular flexibility index (Phi) is 13.6. The SMILES string of the molecule is C=C/C=c1/ccccc1=C(C)C.CC.CCC. The van der Waals surface area contributed by atoms with Crippen LogP contribution >= 0.6 is 0 Å². The van der Waals surface area contributed by atoms with Crippen molar-refractivity contribution in [3.63, 3.8) is 0 Å². The average molecular weight is 232 g/mol. The smallest absolute Gasteiger partial charge is 0.0185 e. The molecule has 0 atom stereocenters. The van der Waals surface area contributed by atoms with Gasteiger partial charge in [-0.15, -0.1) is 0 Å². The average Bonchev–Trinajstić information content (AvgIpc) is 2.33. The zero-order chi connectivity index (χ0) is 13.7. The largest absolute Gasteiger partial charge is 0.0990 e.